The lowest BCUT2D eigenvalue weighted by atomic mass is 10.0. The van der Waals surface area contributed by atoms with Crippen molar-refractivity contribution < 1.29 is 29.3 Å². The summed E-state index contributed by atoms with van der Waals surface area (Å²) >= 11 is 0. The monoisotopic (exact) mass is 759 g/mol. The van der Waals surface area contributed by atoms with Crippen LogP contribution in [0.15, 0.2) is 108 Å². The van der Waals surface area contributed by atoms with E-state index in [9.17, 15) is 24.6 Å². The van der Waals surface area contributed by atoms with Gasteiger partial charge in [-0.2, -0.15) is 0 Å². The van der Waals surface area contributed by atoms with Crippen LogP contribution in [0, 0.1) is 11.8 Å². The zero-order valence-electron chi connectivity index (χ0n) is 31.5. The molecule has 12 nitrogen and oxygen atoms in total. The lowest BCUT2D eigenvalue weighted by Gasteiger charge is -2.20. The predicted octanol–water partition coefficient (Wildman–Crippen LogP) is 5.91. The Morgan fingerprint density at radius 3 is 2.52 bits per heavy atom. The van der Waals surface area contributed by atoms with Gasteiger partial charge in [0.25, 0.3) is 0 Å². The number of aromatic hydroxyl groups is 1. The number of likely N-dealkylation sites (N-methyl/N-ethyl adjacent to an activating group) is 1. The summed E-state index contributed by atoms with van der Waals surface area (Å²) in [5, 5.41) is 27.6. The Kier molecular flexibility index (Phi) is 12.3. The first kappa shape index (κ1) is 38.6. The molecular weight excluding hydrogens is 711 g/mol. The van der Waals surface area contributed by atoms with E-state index in [0.717, 1.165) is 60.6 Å². The highest BCUT2D eigenvalue weighted by Gasteiger charge is 2.42. The largest absolute Gasteiger partial charge is 0.506 e. The Balaban J connectivity index is 0.793. The van der Waals surface area contributed by atoms with Crippen LogP contribution < -0.4 is 20.9 Å². The molecule has 4 atom stereocenters. The first-order valence-electron chi connectivity index (χ1n) is 19.2. The van der Waals surface area contributed by atoms with Gasteiger partial charge < -0.3 is 34.9 Å². The molecule has 5 N–H and O–H groups in total. The fourth-order valence-electron chi connectivity index (χ4n) is 8.03. The van der Waals surface area contributed by atoms with E-state index in [2.05, 4.69) is 26.6 Å². The van der Waals surface area contributed by atoms with E-state index in [4.69, 9.17) is 9.47 Å². The lowest BCUT2D eigenvalue weighted by molar-refractivity contribution is -0.130. The molecule has 7 rings (SSSR count). The number of fused-ring (bicyclic) bond motifs is 2. The fourth-order valence-corrected chi connectivity index (χ4v) is 8.03. The third kappa shape index (κ3) is 9.57. The number of nitrogens with zero attached hydrogens (tertiary/aromatic N) is 2. The van der Waals surface area contributed by atoms with Crippen molar-refractivity contribution in [2.24, 2.45) is 11.8 Å². The number of amides is 2. The molecule has 1 aliphatic carbocycles. The number of carbonyl (C=O) groups excluding carboxylic acids is 2. The first-order chi connectivity index (χ1) is 27.2. The summed E-state index contributed by atoms with van der Waals surface area (Å²) in [6.07, 6.45) is 0.580. The summed E-state index contributed by atoms with van der Waals surface area (Å²) < 4.78 is 11.9. The number of pyridine rings is 1. The van der Waals surface area contributed by atoms with Crippen molar-refractivity contribution in [2.45, 2.75) is 38.0 Å². The van der Waals surface area contributed by atoms with E-state index < -0.39 is 12.2 Å². The number of aliphatic hydroxyl groups is 1. The number of ether oxygens (including phenoxy) is 2. The number of carbonyl (C=O) groups is 2. The van der Waals surface area contributed by atoms with Crippen LogP contribution in [0.5, 0.6) is 11.5 Å². The summed E-state index contributed by atoms with van der Waals surface area (Å²) in [6.45, 7) is 4.13. The van der Waals surface area contributed by atoms with Crippen molar-refractivity contribution in [3.05, 3.63) is 125 Å². The number of rotatable bonds is 15. The van der Waals surface area contributed by atoms with Crippen molar-refractivity contribution in [3.8, 4) is 22.6 Å². The molecule has 2 amide bonds. The van der Waals surface area contributed by atoms with Gasteiger partial charge in [0.1, 0.15) is 17.6 Å². The Bertz CT molecular complexity index is 2180. The molecule has 1 unspecified atom stereocenters. The molecular formula is C44H49N5O7. The van der Waals surface area contributed by atoms with Gasteiger partial charge in [-0.15, -0.1) is 0 Å². The number of aromatic nitrogens is 1. The van der Waals surface area contributed by atoms with Crippen LogP contribution in [0.2, 0.25) is 0 Å². The molecule has 1 aromatic heterocycles. The normalized spacial score (nSPS) is 18.4. The zero-order valence-corrected chi connectivity index (χ0v) is 31.5. The molecule has 0 bridgehead atoms. The Labute approximate surface area is 326 Å². The smallest absolute Gasteiger partial charge is 0.411 e. The SMILES string of the molecule is CN(CCNC[C@H](O)c1ccc(O)c2[nH]c(=O)ccc12)C(=O)CCOc1cccc(CN2C[C@H]3CC(OC(=O)Nc4ccccc4-c4ccccc4)C[C@H]3C2)c1. The quantitative estimate of drug-likeness (QED) is 0.0820. The maximum absolute atomic E-state index is 12.9. The highest BCUT2D eigenvalue weighted by molar-refractivity contribution is 5.91. The Morgan fingerprint density at radius 1 is 0.946 bits per heavy atom. The van der Waals surface area contributed by atoms with Gasteiger partial charge in [0.05, 0.1) is 30.3 Å². The average molecular weight is 760 g/mol. The van der Waals surface area contributed by atoms with Gasteiger partial charge in [-0.05, 0) is 71.7 Å². The summed E-state index contributed by atoms with van der Waals surface area (Å²) in [7, 11) is 1.74. The number of aromatic amines is 1. The highest BCUT2D eigenvalue weighted by atomic mass is 16.6. The predicted molar refractivity (Wildman–Crippen MR) is 216 cm³/mol. The number of hydrogen-bond acceptors (Lipinski definition) is 9. The van der Waals surface area contributed by atoms with Crippen molar-refractivity contribution >= 4 is 28.6 Å². The number of phenolic OH excluding ortho intramolecular Hbond substituents is 1. The van der Waals surface area contributed by atoms with Gasteiger partial charge in [0.2, 0.25) is 11.5 Å². The number of H-pyrrole nitrogens is 1. The molecule has 0 spiro atoms. The van der Waals surface area contributed by atoms with Crippen molar-refractivity contribution in [1.29, 1.82) is 0 Å². The summed E-state index contributed by atoms with van der Waals surface area (Å²) in [5.74, 6) is 1.60. The molecule has 5 aromatic rings. The van der Waals surface area contributed by atoms with E-state index in [1.165, 1.54) is 12.1 Å². The second-order valence-electron chi connectivity index (χ2n) is 14.8. The minimum Gasteiger partial charge on any atom is -0.506 e. The van der Waals surface area contributed by atoms with Crippen LogP contribution >= 0.6 is 0 Å². The number of benzene rings is 4. The van der Waals surface area contributed by atoms with Crippen LogP contribution in [0.4, 0.5) is 10.5 Å². The molecule has 12 heteroatoms. The van der Waals surface area contributed by atoms with Crippen molar-refractivity contribution in [2.75, 3.05) is 51.7 Å². The molecule has 2 heterocycles. The Hall–Kier alpha value is -5.69. The second-order valence-corrected chi connectivity index (χ2v) is 14.8. The van der Waals surface area contributed by atoms with Gasteiger partial charge in [-0.3, -0.25) is 19.8 Å². The topological polar surface area (TPSA) is 156 Å². The third-order valence-corrected chi connectivity index (χ3v) is 10.8. The molecule has 2 fully saturated rings. The van der Waals surface area contributed by atoms with Crippen LogP contribution in [0.1, 0.15) is 36.5 Å². The van der Waals surface area contributed by atoms with Gasteiger partial charge in [0.15, 0.2) is 0 Å². The molecule has 1 saturated carbocycles. The van der Waals surface area contributed by atoms with Gasteiger partial charge in [-0.1, -0.05) is 66.7 Å². The molecule has 1 saturated heterocycles. The van der Waals surface area contributed by atoms with Crippen LogP contribution in [0.3, 0.4) is 0 Å². The van der Waals surface area contributed by atoms with E-state index in [0.29, 0.717) is 35.9 Å². The number of likely N-dealkylation sites (tertiary alicyclic amines) is 1. The van der Waals surface area contributed by atoms with E-state index in [1.807, 2.05) is 72.8 Å². The van der Waals surface area contributed by atoms with E-state index in [1.54, 1.807) is 24.1 Å². The van der Waals surface area contributed by atoms with E-state index in [-0.39, 0.29) is 48.4 Å². The minimum absolute atomic E-state index is 0.0441. The molecule has 4 aromatic carbocycles. The number of para-hydroxylation sites is 1. The van der Waals surface area contributed by atoms with Gasteiger partial charge >= 0.3 is 6.09 Å². The molecule has 2 aliphatic rings. The summed E-state index contributed by atoms with van der Waals surface area (Å²) in [4.78, 5) is 44.1. The second kappa shape index (κ2) is 17.8. The van der Waals surface area contributed by atoms with Crippen LogP contribution in [-0.4, -0.2) is 89.5 Å². The standard InChI is InChI=1S/C44H49N5O7/c1-48(20-19-45-25-40(51)36-14-16-39(50)43-37(36)15-17-41(52)47-43)42(53)18-21-55-33-11-7-8-29(22-33)26-49-27-31-23-34(24-32(31)28-49)56-44(54)46-38-13-6-5-12-35(38)30-9-3-2-4-10-30/h2-17,22,31-32,34,40,45,50-51H,18-21,23-28H2,1H3,(H,46,54)(H,47,52)/t31-,32+,34?,40-/m0/s1. The van der Waals surface area contributed by atoms with Crippen molar-refractivity contribution in [3.63, 3.8) is 0 Å². The molecule has 0 radical (unpaired) electrons. The number of hydrogen-bond donors (Lipinski definition) is 5. The van der Waals surface area contributed by atoms with E-state index >= 15 is 0 Å². The molecule has 56 heavy (non-hydrogen) atoms. The summed E-state index contributed by atoms with van der Waals surface area (Å²) in [5.41, 5.74) is 4.41. The number of anilines is 1. The first-order valence-corrected chi connectivity index (χ1v) is 19.2. The molecule has 1 aliphatic heterocycles. The van der Waals surface area contributed by atoms with Gasteiger partial charge in [-0.25, -0.2) is 4.79 Å². The average Bonchev–Trinajstić information content (AvgIpc) is 3.75. The number of phenols is 1. The maximum atomic E-state index is 12.9. The highest BCUT2D eigenvalue weighted by Crippen LogP contribution is 2.40. The molecule has 292 valence electrons. The zero-order chi connectivity index (χ0) is 39.0. The van der Waals surface area contributed by atoms with Crippen LogP contribution in [0.25, 0.3) is 22.0 Å². The maximum Gasteiger partial charge on any atom is 0.411 e. The lowest BCUT2D eigenvalue weighted by Crippen LogP contribution is -2.35. The third-order valence-electron chi connectivity index (χ3n) is 10.8. The van der Waals surface area contributed by atoms with Gasteiger partial charge in [0, 0.05) is 63.3 Å². The Morgan fingerprint density at radius 2 is 1.71 bits per heavy atom. The summed E-state index contributed by atoms with van der Waals surface area (Å²) in [6, 6.07) is 31.8. The van der Waals surface area contributed by atoms with Crippen molar-refractivity contribution in [1.82, 2.24) is 20.1 Å². The van der Waals surface area contributed by atoms with Crippen LogP contribution in [-0.2, 0) is 16.1 Å². The number of aliphatic hydroxyl groups excluding tert-OH is 1. The fraction of sp³-hybridized carbons (Fsp3) is 0.341. The number of nitrogens with one attached hydrogen (secondary N) is 3. The minimum atomic E-state index is -0.874.